The third kappa shape index (κ3) is 3.82. The van der Waals surface area contributed by atoms with Crippen LogP contribution in [-0.2, 0) is 4.79 Å². The van der Waals surface area contributed by atoms with Crippen molar-refractivity contribution in [3.8, 4) is 0 Å². The standard InChI is InChI=1S/C13H20BrN5O/c1-3-5-15-13-16-7-11(14)12(18-13)19-6-4-10(8-19)17-9(2)20/h7,10H,3-6,8H2,1-2H3,(H,17,20)(H,15,16,18). The zero-order valence-corrected chi connectivity index (χ0v) is 13.4. The minimum Gasteiger partial charge on any atom is -0.354 e. The van der Waals surface area contributed by atoms with Crippen LogP contribution in [0.25, 0.3) is 0 Å². The molecule has 1 aliphatic rings. The van der Waals surface area contributed by atoms with Crippen molar-refractivity contribution in [1.82, 2.24) is 15.3 Å². The molecule has 0 aliphatic carbocycles. The van der Waals surface area contributed by atoms with Gasteiger partial charge in [-0.1, -0.05) is 6.92 Å². The maximum atomic E-state index is 11.1. The largest absolute Gasteiger partial charge is 0.354 e. The highest BCUT2D eigenvalue weighted by Gasteiger charge is 2.25. The molecule has 110 valence electrons. The van der Waals surface area contributed by atoms with Crippen LogP contribution in [0, 0.1) is 0 Å². The van der Waals surface area contributed by atoms with E-state index in [4.69, 9.17) is 0 Å². The Hall–Kier alpha value is -1.37. The Morgan fingerprint density at radius 2 is 2.40 bits per heavy atom. The summed E-state index contributed by atoms with van der Waals surface area (Å²) in [7, 11) is 0. The van der Waals surface area contributed by atoms with Crippen LogP contribution in [-0.4, -0.2) is 41.6 Å². The second-order valence-corrected chi connectivity index (χ2v) is 5.78. The SMILES string of the molecule is CCCNc1ncc(Br)c(N2CCC(NC(C)=O)C2)n1. The summed E-state index contributed by atoms with van der Waals surface area (Å²) in [5.41, 5.74) is 0. The summed E-state index contributed by atoms with van der Waals surface area (Å²) in [6.07, 6.45) is 3.74. The van der Waals surface area contributed by atoms with Crippen molar-refractivity contribution in [2.75, 3.05) is 29.9 Å². The maximum absolute atomic E-state index is 11.1. The maximum Gasteiger partial charge on any atom is 0.224 e. The molecule has 0 aromatic carbocycles. The molecular formula is C13H20BrN5O. The highest BCUT2D eigenvalue weighted by Crippen LogP contribution is 2.27. The van der Waals surface area contributed by atoms with E-state index in [1.807, 2.05) is 0 Å². The quantitative estimate of drug-likeness (QED) is 0.854. The lowest BCUT2D eigenvalue weighted by molar-refractivity contribution is -0.119. The van der Waals surface area contributed by atoms with Gasteiger partial charge in [0.1, 0.15) is 5.82 Å². The molecule has 0 radical (unpaired) electrons. The van der Waals surface area contributed by atoms with Gasteiger partial charge < -0.3 is 15.5 Å². The van der Waals surface area contributed by atoms with Crippen molar-refractivity contribution in [3.63, 3.8) is 0 Å². The number of nitrogens with one attached hydrogen (secondary N) is 2. The van der Waals surface area contributed by atoms with E-state index in [1.54, 1.807) is 13.1 Å². The minimum atomic E-state index is 0.0175. The number of carbonyl (C=O) groups excluding carboxylic acids is 1. The normalized spacial score (nSPS) is 18.1. The summed E-state index contributed by atoms with van der Waals surface area (Å²) in [6.45, 7) is 6.17. The van der Waals surface area contributed by atoms with Crippen LogP contribution < -0.4 is 15.5 Å². The molecule has 1 aromatic rings. The third-order valence-electron chi connectivity index (χ3n) is 3.15. The van der Waals surface area contributed by atoms with Crippen molar-refractivity contribution in [2.24, 2.45) is 0 Å². The molecule has 20 heavy (non-hydrogen) atoms. The minimum absolute atomic E-state index is 0.0175. The number of nitrogens with zero attached hydrogens (tertiary/aromatic N) is 3. The van der Waals surface area contributed by atoms with Crippen LogP contribution in [0.15, 0.2) is 10.7 Å². The average molecular weight is 342 g/mol. The van der Waals surface area contributed by atoms with Crippen LogP contribution in [0.1, 0.15) is 26.7 Å². The molecule has 1 fully saturated rings. The third-order valence-corrected chi connectivity index (χ3v) is 3.71. The van der Waals surface area contributed by atoms with Crippen molar-refractivity contribution in [3.05, 3.63) is 10.7 Å². The van der Waals surface area contributed by atoms with Crippen molar-refractivity contribution in [2.45, 2.75) is 32.7 Å². The van der Waals surface area contributed by atoms with Gasteiger partial charge in [0.05, 0.1) is 4.47 Å². The Labute approximate surface area is 127 Å². The van der Waals surface area contributed by atoms with Gasteiger partial charge in [-0.3, -0.25) is 4.79 Å². The van der Waals surface area contributed by atoms with E-state index >= 15 is 0 Å². The first-order chi connectivity index (χ1) is 9.60. The molecule has 2 heterocycles. The lowest BCUT2D eigenvalue weighted by Gasteiger charge is -2.19. The monoisotopic (exact) mass is 341 g/mol. The molecule has 0 spiro atoms. The van der Waals surface area contributed by atoms with Crippen LogP contribution in [0.4, 0.5) is 11.8 Å². The van der Waals surface area contributed by atoms with Crippen molar-refractivity contribution >= 4 is 33.6 Å². The lowest BCUT2D eigenvalue weighted by atomic mass is 10.3. The molecule has 2 rings (SSSR count). The first kappa shape index (κ1) is 15.0. The second-order valence-electron chi connectivity index (χ2n) is 4.92. The van der Waals surface area contributed by atoms with Crippen LogP contribution >= 0.6 is 15.9 Å². The fourth-order valence-electron chi connectivity index (χ4n) is 2.26. The number of amides is 1. The number of hydrogen-bond acceptors (Lipinski definition) is 5. The highest BCUT2D eigenvalue weighted by atomic mass is 79.9. The predicted octanol–water partition coefficient (Wildman–Crippen LogP) is 1.78. The summed E-state index contributed by atoms with van der Waals surface area (Å²) in [5.74, 6) is 1.54. The Morgan fingerprint density at radius 3 is 3.10 bits per heavy atom. The smallest absolute Gasteiger partial charge is 0.224 e. The highest BCUT2D eigenvalue weighted by molar-refractivity contribution is 9.10. The number of anilines is 2. The van der Waals surface area contributed by atoms with E-state index in [9.17, 15) is 4.79 Å². The zero-order valence-electron chi connectivity index (χ0n) is 11.8. The zero-order chi connectivity index (χ0) is 14.5. The van der Waals surface area contributed by atoms with Gasteiger partial charge >= 0.3 is 0 Å². The fraction of sp³-hybridized carbons (Fsp3) is 0.615. The number of halogens is 1. The van der Waals surface area contributed by atoms with Crippen molar-refractivity contribution < 1.29 is 4.79 Å². The number of hydrogen-bond donors (Lipinski definition) is 2. The van der Waals surface area contributed by atoms with Crippen LogP contribution in [0.3, 0.4) is 0 Å². The van der Waals surface area contributed by atoms with Gasteiger partial charge in [-0.05, 0) is 28.8 Å². The van der Waals surface area contributed by atoms with Crippen molar-refractivity contribution in [1.29, 1.82) is 0 Å². The van der Waals surface area contributed by atoms with E-state index in [0.29, 0.717) is 5.95 Å². The molecule has 1 atom stereocenters. The van der Waals surface area contributed by atoms with E-state index in [-0.39, 0.29) is 11.9 Å². The van der Waals surface area contributed by atoms with Gasteiger partial charge in [0.2, 0.25) is 11.9 Å². The Kier molecular flexibility index (Phi) is 5.17. The van der Waals surface area contributed by atoms with E-state index in [1.165, 1.54) is 0 Å². The first-order valence-corrected chi connectivity index (χ1v) is 7.68. The molecule has 6 nitrogen and oxygen atoms in total. The molecule has 1 unspecified atom stereocenters. The summed E-state index contributed by atoms with van der Waals surface area (Å²) in [5, 5.41) is 6.14. The molecule has 0 bridgehead atoms. The Balaban J connectivity index is 2.06. The van der Waals surface area contributed by atoms with Gasteiger partial charge in [0, 0.05) is 38.8 Å². The molecular weight excluding hydrogens is 322 g/mol. The van der Waals surface area contributed by atoms with Crippen LogP contribution in [0.2, 0.25) is 0 Å². The van der Waals surface area contributed by atoms with Gasteiger partial charge in [0.25, 0.3) is 0 Å². The van der Waals surface area contributed by atoms with Crippen LogP contribution in [0.5, 0.6) is 0 Å². The molecule has 1 aliphatic heterocycles. The van der Waals surface area contributed by atoms with E-state index in [2.05, 4.69) is 48.4 Å². The second kappa shape index (κ2) is 6.88. The number of aromatic nitrogens is 2. The van der Waals surface area contributed by atoms with E-state index in [0.717, 1.165) is 42.8 Å². The lowest BCUT2D eigenvalue weighted by Crippen LogP contribution is -2.35. The molecule has 1 aromatic heterocycles. The molecule has 2 N–H and O–H groups in total. The fourth-order valence-corrected chi connectivity index (χ4v) is 2.70. The average Bonchev–Trinajstić information content (AvgIpc) is 2.85. The van der Waals surface area contributed by atoms with E-state index < -0.39 is 0 Å². The first-order valence-electron chi connectivity index (χ1n) is 6.88. The summed E-state index contributed by atoms with van der Waals surface area (Å²) < 4.78 is 0.878. The van der Waals surface area contributed by atoms with Gasteiger partial charge in [0.15, 0.2) is 0 Å². The Bertz CT molecular complexity index is 482. The summed E-state index contributed by atoms with van der Waals surface area (Å²) in [6, 6.07) is 0.196. The molecule has 1 saturated heterocycles. The predicted molar refractivity (Wildman–Crippen MR) is 82.9 cm³/mol. The molecule has 7 heteroatoms. The molecule has 1 amide bonds. The Morgan fingerprint density at radius 1 is 1.60 bits per heavy atom. The summed E-state index contributed by atoms with van der Waals surface area (Å²) >= 11 is 3.50. The van der Waals surface area contributed by atoms with Gasteiger partial charge in [-0.25, -0.2) is 4.98 Å². The topological polar surface area (TPSA) is 70.2 Å². The van der Waals surface area contributed by atoms with Gasteiger partial charge in [-0.2, -0.15) is 4.98 Å². The molecule has 0 saturated carbocycles. The van der Waals surface area contributed by atoms with Gasteiger partial charge in [-0.15, -0.1) is 0 Å². The summed E-state index contributed by atoms with van der Waals surface area (Å²) in [4.78, 5) is 22.1. The number of rotatable bonds is 5. The number of carbonyl (C=O) groups is 1.